The van der Waals surface area contributed by atoms with E-state index in [1.54, 1.807) is 13.8 Å². The molecule has 8 heavy (non-hydrogen) atoms. The van der Waals surface area contributed by atoms with Crippen LogP contribution in [0.3, 0.4) is 0 Å². The zero-order valence-corrected chi connectivity index (χ0v) is 5.49. The molecular weight excluding hydrogens is 126 g/mol. The Morgan fingerprint density at radius 1 is 1.62 bits per heavy atom. The third-order valence-corrected chi connectivity index (χ3v) is 1.02. The van der Waals surface area contributed by atoms with E-state index in [-0.39, 0.29) is 5.16 Å². The number of hydrogen-bond donors (Lipinski definition) is 0. The first-order valence-electron chi connectivity index (χ1n) is 2.09. The molecule has 0 heterocycles. The lowest BCUT2D eigenvalue weighted by Crippen LogP contribution is -1.67. The molecule has 0 rings (SSSR count). The Labute approximate surface area is 52.9 Å². The smallest absolute Gasteiger partial charge is 0.211 e. The molecule has 3 heteroatoms. The minimum Gasteiger partial charge on any atom is -0.211 e. The summed E-state index contributed by atoms with van der Waals surface area (Å²) >= 11 is 5.37. The van der Waals surface area contributed by atoms with Crippen LogP contribution in [0.5, 0.6) is 0 Å². The van der Waals surface area contributed by atoms with Gasteiger partial charge in [0.05, 0.1) is 0 Å². The van der Waals surface area contributed by atoms with Gasteiger partial charge in [0.15, 0.2) is 0 Å². The summed E-state index contributed by atoms with van der Waals surface area (Å²) in [7, 11) is 0. The van der Waals surface area contributed by atoms with Crippen LogP contribution in [0.2, 0.25) is 0 Å². The zero-order chi connectivity index (χ0) is 6.57. The van der Waals surface area contributed by atoms with Crippen LogP contribution in [0.25, 0.3) is 0 Å². The molecule has 0 amide bonds. The number of isocyanates is 1. The van der Waals surface area contributed by atoms with Crippen molar-refractivity contribution in [3.63, 3.8) is 0 Å². The highest BCUT2D eigenvalue weighted by Crippen LogP contribution is 2.07. The SMILES string of the molecule is CC(C)=C(Cl)N=C=O. The highest BCUT2D eigenvalue weighted by Gasteiger charge is 1.86. The summed E-state index contributed by atoms with van der Waals surface area (Å²) in [4.78, 5) is 12.7. The summed E-state index contributed by atoms with van der Waals surface area (Å²) in [6.07, 6.45) is 1.33. The minimum atomic E-state index is 0.222. The quantitative estimate of drug-likeness (QED) is 0.303. The van der Waals surface area contributed by atoms with E-state index in [1.807, 2.05) is 0 Å². The first-order valence-corrected chi connectivity index (χ1v) is 2.47. The Morgan fingerprint density at radius 2 is 2.12 bits per heavy atom. The molecule has 0 aliphatic heterocycles. The molecule has 0 aromatic rings. The lowest BCUT2D eigenvalue weighted by atomic mass is 10.4. The van der Waals surface area contributed by atoms with Gasteiger partial charge in [0.2, 0.25) is 6.08 Å². The molecule has 0 fully saturated rings. The van der Waals surface area contributed by atoms with Gasteiger partial charge >= 0.3 is 0 Å². The van der Waals surface area contributed by atoms with Gasteiger partial charge in [-0.3, -0.25) is 0 Å². The molecule has 0 unspecified atom stereocenters. The molecule has 0 aliphatic rings. The number of rotatable bonds is 1. The average molecular weight is 132 g/mol. The minimum absolute atomic E-state index is 0.222. The number of allylic oxidation sites excluding steroid dienone is 1. The standard InChI is InChI=1S/C5H6ClNO/c1-4(2)5(6)7-3-8/h1-2H3. The van der Waals surface area contributed by atoms with Gasteiger partial charge in [-0.05, 0) is 19.4 Å². The molecule has 2 nitrogen and oxygen atoms in total. The fourth-order valence-electron chi connectivity index (χ4n) is 0.152. The second-order valence-electron chi connectivity index (χ2n) is 1.49. The highest BCUT2D eigenvalue weighted by molar-refractivity contribution is 6.29. The van der Waals surface area contributed by atoms with Gasteiger partial charge < -0.3 is 0 Å². The predicted molar refractivity (Wildman–Crippen MR) is 32.3 cm³/mol. The maximum absolute atomic E-state index is 9.51. The van der Waals surface area contributed by atoms with Crippen molar-refractivity contribution in [3.05, 3.63) is 10.7 Å². The molecule has 0 aromatic carbocycles. The first kappa shape index (κ1) is 7.41. The van der Waals surface area contributed by atoms with E-state index in [0.29, 0.717) is 0 Å². The van der Waals surface area contributed by atoms with Crippen LogP contribution in [0.15, 0.2) is 15.7 Å². The molecule has 44 valence electrons. The van der Waals surface area contributed by atoms with Gasteiger partial charge in [0.25, 0.3) is 0 Å². The Bertz CT molecular complexity index is 152. The van der Waals surface area contributed by atoms with Gasteiger partial charge in [0, 0.05) is 0 Å². The Hall–Kier alpha value is -0.590. The Balaban J connectivity index is 4.22. The Morgan fingerprint density at radius 3 is 2.25 bits per heavy atom. The molecule has 0 N–H and O–H groups in total. The summed E-state index contributed by atoms with van der Waals surface area (Å²) in [6, 6.07) is 0. The van der Waals surface area contributed by atoms with Crippen molar-refractivity contribution in [1.82, 2.24) is 0 Å². The molecule has 0 saturated carbocycles. The predicted octanol–water partition coefficient (Wildman–Crippen LogP) is 1.81. The molecule has 0 radical (unpaired) electrons. The van der Waals surface area contributed by atoms with E-state index >= 15 is 0 Å². The summed E-state index contributed by atoms with van der Waals surface area (Å²) in [5.74, 6) is 0. The molecule has 0 bridgehead atoms. The van der Waals surface area contributed by atoms with Crippen molar-refractivity contribution < 1.29 is 4.79 Å². The monoisotopic (exact) mass is 131 g/mol. The summed E-state index contributed by atoms with van der Waals surface area (Å²) < 4.78 is 0. The Kier molecular flexibility index (Phi) is 3.16. The zero-order valence-electron chi connectivity index (χ0n) is 4.73. The van der Waals surface area contributed by atoms with Crippen molar-refractivity contribution in [1.29, 1.82) is 0 Å². The van der Waals surface area contributed by atoms with E-state index < -0.39 is 0 Å². The maximum atomic E-state index is 9.51. The van der Waals surface area contributed by atoms with E-state index in [4.69, 9.17) is 11.6 Å². The summed E-state index contributed by atoms with van der Waals surface area (Å²) in [5, 5.41) is 0.222. The number of halogens is 1. The van der Waals surface area contributed by atoms with Crippen molar-refractivity contribution in [2.45, 2.75) is 13.8 Å². The first-order chi connectivity index (χ1) is 3.68. The van der Waals surface area contributed by atoms with Gasteiger partial charge in [-0.25, -0.2) is 4.79 Å². The third kappa shape index (κ3) is 2.56. The highest BCUT2D eigenvalue weighted by atomic mass is 35.5. The van der Waals surface area contributed by atoms with Gasteiger partial charge in [-0.2, -0.15) is 4.99 Å². The second-order valence-corrected chi connectivity index (χ2v) is 1.85. The lowest BCUT2D eigenvalue weighted by molar-refractivity contribution is 0.565. The van der Waals surface area contributed by atoms with Crippen LogP contribution in [-0.2, 0) is 4.79 Å². The fraction of sp³-hybridized carbons (Fsp3) is 0.400. The number of hydrogen-bond acceptors (Lipinski definition) is 2. The van der Waals surface area contributed by atoms with Crippen molar-refractivity contribution >= 4 is 17.7 Å². The lowest BCUT2D eigenvalue weighted by Gasteiger charge is -1.84. The van der Waals surface area contributed by atoms with Gasteiger partial charge in [-0.1, -0.05) is 11.6 Å². The normalized spacial score (nSPS) is 7.38. The van der Waals surface area contributed by atoms with Gasteiger partial charge in [0.1, 0.15) is 5.16 Å². The summed E-state index contributed by atoms with van der Waals surface area (Å²) in [6.45, 7) is 3.53. The van der Waals surface area contributed by atoms with Crippen molar-refractivity contribution in [3.8, 4) is 0 Å². The van der Waals surface area contributed by atoms with Crippen LogP contribution < -0.4 is 0 Å². The molecule has 0 aliphatic carbocycles. The fourth-order valence-corrected chi connectivity index (χ4v) is 0.186. The second kappa shape index (κ2) is 3.42. The third-order valence-electron chi connectivity index (χ3n) is 0.556. The number of aliphatic imine (C=N–C) groups is 1. The largest absolute Gasteiger partial charge is 0.241 e. The molecular formula is C5H6ClNO. The van der Waals surface area contributed by atoms with Crippen LogP contribution in [-0.4, -0.2) is 6.08 Å². The van der Waals surface area contributed by atoms with Crippen molar-refractivity contribution in [2.24, 2.45) is 4.99 Å². The van der Waals surface area contributed by atoms with E-state index in [9.17, 15) is 4.79 Å². The van der Waals surface area contributed by atoms with Crippen LogP contribution in [0.1, 0.15) is 13.8 Å². The molecule has 0 saturated heterocycles. The van der Waals surface area contributed by atoms with Crippen LogP contribution in [0.4, 0.5) is 0 Å². The number of nitrogens with zero attached hydrogens (tertiary/aromatic N) is 1. The number of carbonyl (C=O) groups excluding carboxylic acids is 1. The van der Waals surface area contributed by atoms with Crippen LogP contribution in [0, 0.1) is 0 Å². The topological polar surface area (TPSA) is 29.4 Å². The summed E-state index contributed by atoms with van der Waals surface area (Å²) in [5.41, 5.74) is 0.815. The van der Waals surface area contributed by atoms with Crippen LogP contribution >= 0.6 is 11.6 Å². The van der Waals surface area contributed by atoms with E-state index in [1.165, 1.54) is 6.08 Å². The molecule has 0 aromatic heterocycles. The maximum Gasteiger partial charge on any atom is 0.241 e. The van der Waals surface area contributed by atoms with Gasteiger partial charge in [-0.15, -0.1) is 0 Å². The van der Waals surface area contributed by atoms with Crippen molar-refractivity contribution in [2.75, 3.05) is 0 Å². The van der Waals surface area contributed by atoms with E-state index in [2.05, 4.69) is 4.99 Å². The average Bonchev–Trinajstić information content (AvgIpc) is 1.67. The molecule has 0 spiro atoms. The molecule has 0 atom stereocenters. The van der Waals surface area contributed by atoms with E-state index in [0.717, 1.165) is 5.57 Å².